The van der Waals surface area contributed by atoms with Crippen LogP contribution in [0.3, 0.4) is 0 Å². The van der Waals surface area contributed by atoms with E-state index in [1.54, 1.807) is 18.2 Å². The van der Waals surface area contributed by atoms with E-state index in [1.807, 2.05) is 0 Å². The molecule has 0 N–H and O–H groups in total. The molecule has 0 spiro atoms. The number of hydrogen-bond donors (Lipinski definition) is 0. The van der Waals surface area contributed by atoms with E-state index in [0.717, 1.165) is 16.4 Å². The van der Waals surface area contributed by atoms with E-state index >= 15 is 0 Å². The van der Waals surface area contributed by atoms with Gasteiger partial charge in [-0.15, -0.1) is 0 Å². The molecule has 2 aromatic rings. The molecule has 1 atom stereocenters. The molecule has 0 radical (unpaired) electrons. The summed E-state index contributed by atoms with van der Waals surface area (Å²) in [5.41, 5.74) is -1.26. The van der Waals surface area contributed by atoms with Crippen LogP contribution in [0.25, 0.3) is 0 Å². The maximum Gasteiger partial charge on any atom is 0.417 e. The fourth-order valence-electron chi connectivity index (χ4n) is 3.29. The van der Waals surface area contributed by atoms with Gasteiger partial charge in [0.25, 0.3) is 0 Å². The van der Waals surface area contributed by atoms with Crippen LogP contribution in [0.2, 0.25) is 5.02 Å². The number of halogens is 4. The van der Waals surface area contributed by atoms with Gasteiger partial charge in [0.2, 0.25) is 10.0 Å². The predicted molar refractivity (Wildman–Crippen MR) is 102 cm³/mol. The van der Waals surface area contributed by atoms with Gasteiger partial charge in [-0.05, 0) is 43.2 Å². The average molecular weight is 468 g/mol. The zero-order valence-electron chi connectivity index (χ0n) is 14.9. The lowest BCUT2D eigenvalue weighted by Gasteiger charge is -2.24. The van der Waals surface area contributed by atoms with E-state index in [-0.39, 0.29) is 11.4 Å². The highest BCUT2D eigenvalue weighted by molar-refractivity contribution is 7.91. The van der Waals surface area contributed by atoms with Crippen LogP contribution < -0.4 is 0 Å². The Balaban J connectivity index is 1.93. The second kappa shape index (κ2) is 7.90. The van der Waals surface area contributed by atoms with Crippen molar-refractivity contribution in [2.24, 2.45) is 0 Å². The molecule has 1 aliphatic rings. The summed E-state index contributed by atoms with van der Waals surface area (Å²) >= 11 is 5.57. The average Bonchev–Trinajstić information content (AvgIpc) is 3.10. The van der Waals surface area contributed by atoms with Crippen LogP contribution >= 0.6 is 11.6 Å². The van der Waals surface area contributed by atoms with E-state index < -0.39 is 53.3 Å². The molecule has 0 aromatic heterocycles. The van der Waals surface area contributed by atoms with Gasteiger partial charge >= 0.3 is 6.18 Å². The lowest BCUT2D eigenvalue weighted by Crippen LogP contribution is -2.39. The zero-order chi connectivity index (χ0) is 21.4. The minimum absolute atomic E-state index is 0.0291. The van der Waals surface area contributed by atoms with Crippen molar-refractivity contribution in [3.05, 3.63) is 59.1 Å². The van der Waals surface area contributed by atoms with Crippen LogP contribution in [-0.2, 0) is 26.0 Å². The lowest BCUT2D eigenvalue weighted by atomic mass is 10.2. The van der Waals surface area contributed by atoms with E-state index in [2.05, 4.69) is 0 Å². The Labute approximate surface area is 172 Å². The third-order valence-corrected chi connectivity index (χ3v) is 8.78. The fraction of sp³-hybridized carbons (Fsp3) is 0.333. The second-order valence-electron chi connectivity index (χ2n) is 6.65. The molecule has 1 aliphatic heterocycles. The molecule has 0 aliphatic carbocycles. The van der Waals surface area contributed by atoms with Crippen molar-refractivity contribution < 1.29 is 30.0 Å². The molecule has 1 heterocycles. The first-order chi connectivity index (χ1) is 13.4. The van der Waals surface area contributed by atoms with Crippen molar-refractivity contribution in [2.45, 2.75) is 34.9 Å². The van der Waals surface area contributed by atoms with Crippen LogP contribution in [0.15, 0.2) is 58.3 Å². The van der Waals surface area contributed by atoms with Gasteiger partial charge < -0.3 is 0 Å². The minimum Gasteiger partial charge on any atom is -0.224 e. The lowest BCUT2D eigenvalue weighted by molar-refractivity contribution is -0.137. The smallest absolute Gasteiger partial charge is 0.224 e. The highest BCUT2D eigenvalue weighted by atomic mass is 35.5. The van der Waals surface area contributed by atoms with Gasteiger partial charge in [0.1, 0.15) is 0 Å². The highest BCUT2D eigenvalue weighted by Gasteiger charge is 2.40. The molecule has 2 aromatic carbocycles. The van der Waals surface area contributed by atoms with E-state index in [1.165, 1.54) is 12.1 Å². The molecule has 5 nitrogen and oxygen atoms in total. The number of rotatable bonds is 5. The van der Waals surface area contributed by atoms with Crippen LogP contribution in [0.4, 0.5) is 13.2 Å². The van der Waals surface area contributed by atoms with Gasteiger partial charge in [-0.2, -0.15) is 17.5 Å². The Kier molecular flexibility index (Phi) is 6.01. The first kappa shape index (κ1) is 22.1. The summed E-state index contributed by atoms with van der Waals surface area (Å²) in [5, 5.41) is -0.610. The Morgan fingerprint density at radius 2 is 1.66 bits per heavy atom. The second-order valence-corrected chi connectivity index (χ2v) is 11.0. The van der Waals surface area contributed by atoms with Gasteiger partial charge in [0.15, 0.2) is 9.84 Å². The first-order valence-corrected chi connectivity index (χ1v) is 12.1. The fourth-order valence-corrected chi connectivity index (χ4v) is 6.94. The summed E-state index contributed by atoms with van der Waals surface area (Å²) in [7, 11) is -8.10. The van der Waals surface area contributed by atoms with E-state index in [0.29, 0.717) is 18.9 Å². The van der Waals surface area contributed by atoms with Gasteiger partial charge in [-0.1, -0.05) is 29.8 Å². The zero-order valence-corrected chi connectivity index (χ0v) is 17.3. The summed E-state index contributed by atoms with van der Waals surface area (Å²) < 4.78 is 91.5. The Morgan fingerprint density at radius 3 is 2.28 bits per heavy atom. The maximum absolute atomic E-state index is 13.1. The Hall–Kier alpha value is -1.62. The molecule has 0 bridgehead atoms. The van der Waals surface area contributed by atoms with Gasteiger partial charge in [0, 0.05) is 12.6 Å². The van der Waals surface area contributed by atoms with Crippen LogP contribution in [0.5, 0.6) is 0 Å². The molecule has 0 amide bonds. The van der Waals surface area contributed by atoms with Crippen molar-refractivity contribution >= 4 is 31.5 Å². The standard InChI is InChI=1S/C18H17ClF3NO4S2/c19-17-9-8-15(11-16(17)18(20,21)22)29(26,27)23-10-4-5-13(23)12-28(24,25)14-6-2-1-3-7-14/h1-3,6-9,11,13H,4-5,10,12H2. The molecular formula is C18H17ClF3NO4S2. The third-order valence-electron chi connectivity index (χ3n) is 4.69. The molecule has 29 heavy (non-hydrogen) atoms. The highest BCUT2D eigenvalue weighted by Crippen LogP contribution is 2.37. The number of sulfone groups is 1. The van der Waals surface area contributed by atoms with Gasteiger partial charge in [-0.3, -0.25) is 0 Å². The molecule has 3 rings (SSSR count). The minimum atomic E-state index is -4.82. The van der Waals surface area contributed by atoms with Crippen molar-refractivity contribution in [2.75, 3.05) is 12.3 Å². The summed E-state index contributed by atoms with van der Waals surface area (Å²) in [6.07, 6.45) is -4.11. The summed E-state index contributed by atoms with van der Waals surface area (Å²) in [4.78, 5) is -0.506. The van der Waals surface area contributed by atoms with Crippen molar-refractivity contribution in [3.63, 3.8) is 0 Å². The van der Waals surface area contributed by atoms with Crippen molar-refractivity contribution in [3.8, 4) is 0 Å². The molecule has 1 fully saturated rings. The topological polar surface area (TPSA) is 71.5 Å². The van der Waals surface area contributed by atoms with Crippen molar-refractivity contribution in [1.82, 2.24) is 4.31 Å². The van der Waals surface area contributed by atoms with Crippen LogP contribution in [0, 0.1) is 0 Å². The number of sulfonamides is 1. The number of alkyl halides is 3. The quantitative estimate of drug-likeness (QED) is 0.666. The Morgan fingerprint density at radius 1 is 1.00 bits per heavy atom. The van der Waals surface area contributed by atoms with E-state index in [4.69, 9.17) is 11.6 Å². The van der Waals surface area contributed by atoms with Crippen molar-refractivity contribution in [1.29, 1.82) is 0 Å². The first-order valence-electron chi connectivity index (χ1n) is 8.59. The molecule has 1 unspecified atom stereocenters. The molecule has 11 heteroatoms. The summed E-state index contributed by atoms with van der Waals surface area (Å²) in [5.74, 6) is -0.448. The molecular weight excluding hydrogens is 451 g/mol. The SMILES string of the molecule is O=S(=O)(CC1CCCN1S(=O)(=O)c1ccc(Cl)c(C(F)(F)F)c1)c1ccccc1. The number of hydrogen-bond acceptors (Lipinski definition) is 4. The number of benzene rings is 2. The third kappa shape index (κ3) is 4.60. The normalized spacial score (nSPS) is 18.8. The summed E-state index contributed by atoms with van der Waals surface area (Å²) in [6, 6.07) is 9.09. The van der Waals surface area contributed by atoms with Crippen LogP contribution in [-0.4, -0.2) is 39.5 Å². The maximum atomic E-state index is 13.1. The number of nitrogens with zero attached hydrogens (tertiary/aromatic N) is 1. The summed E-state index contributed by atoms with van der Waals surface area (Å²) in [6.45, 7) is 0.0291. The Bertz CT molecular complexity index is 1100. The largest absolute Gasteiger partial charge is 0.417 e. The molecule has 0 saturated carbocycles. The van der Waals surface area contributed by atoms with Gasteiger partial charge in [0.05, 0.1) is 26.1 Å². The van der Waals surface area contributed by atoms with E-state index in [9.17, 15) is 30.0 Å². The monoisotopic (exact) mass is 467 g/mol. The predicted octanol–water partition coefficient (Wildman–Crippen LogP) is 3.99. The van der Waals surface area contributed by atoms with Crippen LogP contribution in [0.1, 0.15) is 18.4 Å². The van der Waals surface area contributed by atoms with Gasteiger partial charge in [-0.25, -0.2) is 16.8 Å². The molecule has 1 saturated heterocycles. The molecule has 158 valence electrons.